The van der Waals surface area contributed by atoms with Crippen molar-refractivity contribution in [3.8, 4) is 11.1 Å². The van der Waals surface area contributed by atoms with E-state index < -0.39 is 7.14 Å². The van der Waals surface area contributed by atoms with Crippen LogP contribution in [0.5, 0.6) is 0 Å². The Morgan fingerprint density at radius 3 is 2.24 bits per heavy atom. The normalized spacial score (nSPS) is 19.9. The number of anilines is 1. The van der Waals surface area contributed by atoms with Gasteiger partial charge in [-0.1, -0.05) is 64.1 Å². The van der Waals surface area contributed by atoms with Crippen LogP contribution < -0.4 is 16.3 Å². The summed E-state index contributed by atoms with van der Waals surface area (Å²) in [5.74, 6) is 0.333. The Bertz CT molecular complexity index is 762. The standard InChI is InChI=1S/C18H22NOP/c1-11(2)13-9-10-15-14-7-5-6-8-16(14)21(20,12(3)4)18(15)17(13)19/h5-12H,19H2,1-4H3. The summed E-state index contributed by atoms with van der Waals surface area (Å²) in [6, 6.07) is 12.2. The maximum absolute atomic E-state index is 13.9. The highest BCUT2D eigenvalue weighted by molar-refractivity contribution is 7.80. The molecule has 1 heterocycles. The lowest BCUT2D eigenvalue weighted by molar-refractivity contribution is 0.582. The fourth-order valence-corrected chi connectivity index (χ4v) is 6.56. The Labute approximate surface area is 126 Å². The van der Waals surface area contributed by atoms with Crippen molar-refractivity contribution in [1.29, 1.82) is 0 Å². The lowest BCUT2D eigenvalue weighted by atomic mass is 9.97. The topological polar surface area (TPSA) is 43.1 Å². The molecule has 0 saturated heterocycles. The molecule has 0 spiro atoms. The minimum atomic E-state index is -2.65. The molecule has 1 aliphatic rings. The van der Waals surface area contributed by atoms with Crippen molar-refractivity contribution < 1.29 is 4.57 Å². The van der Waals surface area contributed by atoms with Crippen molar-refractivity contribution in [2.75, 3.05) is 5.73 Å². The predicted octanol–water partition coefficient (Wildman–Crippen LogP) is 4.09. The van der Waals surface area contributed by atoms with Crippen molar-refractivity contribution >= 4 is 23.4 Å². The molecule has 110 valence electrons. The van der Waals surface area contributed by atoms with Crippen molar-refractivity contribution in [2.24, 2.45) is 0 Å². The number of hydrogen-bond donors (Lipinski definition) is 1. The van der Waals surface area contributed by atoms with Crippen molar-refractivity contribution in [2.45, 2.75) is 39.3 Å². The summed E-state index contributed by atoms with van der Waals surface area (Å²) >= 11 is 0. The summed E-state index contributed by atoms with van der Waals surface area (Å²) in [5.41, 5.74) is 10.5. The molecule has 0 bridgehead atoms. The van der Waals surface area contributed by atoms with Crippen LogP contribution >= 0.6 is 7.14 Å². The van der Waals surface area contributed by atoms with Crippen LogP contribution in [0.3, 0.4) is 0 Å². The molecule has 21 heavy (non-hydrogen) atoms. The summed E-state index contributed by atoms with van der Waals surface area (Å²) in [7, 11) is -2.65. The third-order valence-corrected chi connectivity index (χ3v) is 8.19. The Hall–Kier alpha value is -1.53. The van der Waals surface area contributed by atoms with Crippen LogP contribution in [-0.4, -0.2) is 5.66 Å². The van der Waals surface area contributed by atoms with Gasteiger partial charge >= 0.3 is 0 Å². The highest BCUT2D eigenvalue weighted by atomic mass is 31.2. The maximum atomic E-state index is 13.9. The first-order valence-corrected chi connectivity index (χ1v) is 9.29. The zero-order chi connectivity index (χ0) is 15.4. The second kappa shape index (κ2) is 4.74. The van der Waals surface area contributed by atoms with Crippen LogP contribution in [0.25, 0.3) is 11.1 Å². The second-order valence-electron chi connectivity index (χ2n) is 6.39. The smallest absolute Gasteiger partial charge is 0.148 e. The Balaban J connectivity index is 2.42. The molecular formula is C18H22NOP. The van der Waals surface area contributed by atoms with Crippen LogP contribution in [0.1, 0.15) is 39.2 Å². The van der Waals surface area contributed by atoms with Crippen molar-refractivity contribution in [1.82, 2.24) is 0 Å². The predicted molar refractivity (Wildman–Crippen MR) is 92.4 cm³/mol. The van der Waals surface area contributed by atoms with E-state index in [4.69, 9.17) is 5.73 Å². The SMILES string of the molecule is CC(C)c1ccc2c(c1N)P(=O)(C(C)C)c1ccccc1-2. The fraction of sp³-hybridized carbons (Fsp3) is 0.333. The van der Waals surface area contributed by atoms with Crippen LogP contribution in [0, 0.1) is 0 Å². The van der Waals surface area contributed by atoms with Gasteiger partial charge in [-0.05, 0) is 22.6 Å². The number of rotatable bonds is 2. The minimum absolute atomic E-state index is 0.0598. The van der Waals surface area contributed by atoms with Gasteiger partial charge in [-0.2, -0.15) is 0 Å². The molecule has 3 heteroatoms. The number of fused-ring (bicyclic) bond motifs is 3. The molecule has 3 rings (SSSR count). The van der Waals surface area contributed by atoms with Crippen LogP contribution in [-0.2, 0) is 4.57 Å². The van der Waals surface area contributed by atoms with E-state index in [-0.39, 0.29) is 5.66 Å². The second-order valence-corrected chi connectivity index (χ2v) is 9.67. The number of hydrogen-bond acceptors (Lipinski definition) is 2. The average molecular weight is 299 g/mol. The molecule has 0 saturated carbocycles. The molecule has 2 aromatic carbocycles. The minimum Gasteiger partial charge on any atom is -0.398 e. The van der Waals surface area contributed by atoms with Crippen molar-refractivity contribution in [3.63, 3.8) is 0 Å². The van der Waals surface area contributed by atoms with Gasteiger partial charge in [0, 0.05) is 22.0 Å². The Morgan fingerprint density at radius 2 is 1.62 bits per heavy atom. The number of nitrogens with two attached hydrogens (primary N) is 1. The molecule has 0 radical (unpaired) electrons. The highest BCUT2D eigenvalue weighted by Crippen LogP contribution is 2.58. The van der Waals surface area contributed by atoms with Crippen LogP contribution in [0.4, 0.5) is 5.69 Å². The molecule has 0 aromatic heterocycles. The quantitative estimate of drug-likeness (QED) is 0.670. The van der Waals surface area contributed by atoms with E-state index in [1.165, 1.54) is 0 Å². The molecular weight excluding hydrogens is 277 g/mol. The third kappa shape index (κ3) is 1.82. The van der Waals surface area contributed by atoms with E-state index >= 15 is 0 Å². The van der Waals surface area contributed by atoms with Gasteiger partial charge in [0.1, 0.15) is 7.14 Å². The fourth-order valence-electron chi connectivity index (χ4n) is 3.35. The first-order chi connectivity index (χ1) is 9.89. The highest BCUT2D eigenvalue weighted by Gasteiger charge is 2.42. The van der Waals surface area contributed by atoms with Gasteiger partial charge in [0.05, 0.1) is 0 Å². The summed E-state index contributed by atoms with van der Waals surface area (Å²) in [6.45, 7) is 8.32. The monoisotopic (exact) mass is 299 g/mol. The van der Waals surface area contributed by atoms with Crippen LogP contribution in [0.15, 0.2) is 36.4 Å². The van der Waals surface area contributed by atoms with Crippen molar-refractivity contribution in [3.05, 3.63) is 42.0 Å². The molecule has 2 nitrogen and oxygen atoms in total. The molecule has 0 fully saturated rings. The van der Waals surface area contributed by atoms with E-state index in [9.17, 15) is 4.57 Å². The maximum Gasteiger partial charge on any atom is 0.148 e. The molecule has 0 aliphatic carbocycles. The molecule has 1 atom stereocenters. The van der Waals surface area contributed by atoms with Crippen LogP contribution in [0.2, 0.25) is 0 Å². The molecule has 2 N–H and O–H groups in total. The van der Waals surface area contributed by atoms with Gasteiger partial charge in [-0.25, -0.2) is 0 Å². The first-order valence-electron chi connectivity index (χ1n) is 7.51. The zero-order valence-corrected chi connectivity index (χ0v) is 13.9. The van der Waals surface area contributed by atoms with Gasteiger partial charge in [0.15, 0.2) is 0 Å². The van der Waals surface area contributed by atoms with Gasteiger partial charge in [-0.15, -0.1) is 0 Å². The summed E-state index contributed by atoms with van der Waals surface area (Å²) in [6.07, 6.45) is 0. The molecule has 2 aromatic rings. The molecule has 1 aliphatic heterocycles. The van der Waals surface area contributed by atoms with E-state index in [0.717, 1.165) is 33.0 Å². The Morgan fingerprint density at radius 1 is 0.952 bits per heavy atom. The van der Waals surface area contributed by atoms with Gasteiger partial charge < -0.3 is 10.3 Å². The number of nitrogen functional groups attached to an aromatic ring is 1. The molecule has 0 amide bonds. The largest absolute Gasteiger partial charge is 0.398 e. The first kappa shape index (κ1) is 14.4. The van der Waals surface area contributed by atoms with E-state index in [2.05, 4.69) is 32.0 Å². The van der Waals surface area contributed by atoms with E-state index in [1.807, 2.05) is 32.0 Å². The summed E-state index contributed by atoms with van der Waals surface area (Å²) in [5, 5.41) is 1.87. The van der Waals surface area contributed by atoms with Gasteiger partial charge in [-0.3, -0.25) is 0 Å². The van der Waals surface area contributed by atoms with E-state index in [1.54, 1.807) is 0 Å². The third-order valence-electron chi connectivity index (χ3n) is 4.48. The van der Waals surface area contributed by atoms with Gasteiger partial charge in [0.2, 0.25) is 0 Å². The molecule has 1 unspecified atom stereocenters. The summed E-state index contributed by atoms with van der Waals surface area (Å²) < 4.78 is 13.9. The average Bonchev–Trinajstić information content (AvgIpc) is 2.71. The summed E-state index contributed by atoms with van der Waals surface area (Å²) in [4.78, 5) is 0. The van der Waals surface area contributed by atoms with E-state index in [0.29, 0.717) is 5.92 Å². The number of benzene rings is 2. The zero-order valence-electron chi connectivity index (χ0n) is 13.1. The lowest BCUT2D eigenvalue weighted by Crippen LogP contribution is -2.21. The van der Waals surface area contributed by atoms with Gasteiger partial charge in [0.25, 0.3) is 0 Å². The Kier molecular flexibility index (Phi) is 3.26. The lowest BCUT2D eigenvalue weighted by Gasteiger charge is -2.22.